The standard InChI is InChI=1S/C66H108N2.2C10H21.Ni/c1-7-13-19-22-25-26-27-28-29-30-31-32-33-34-35-36-37-40-44-50-64-63(49-41-16-10-4)65(61-53-57(45-17-11-5)51-59(55-61)47-42-38-23-20-14-8-2)68(67)66(64)62-54-58(46-18-12-6)52-60(56-62)48-43-39-24-21-15-9-3;2*1-3-5-7-9-10-8-6-4-2;/h51-56H,7-43,45-49H2,1-6H3;2*1,3-10H2,2H3;/q;2*-1;+2. The van der Waals surface area contributed by atoms with Crippen LogP contribution in [0.5, 0.6) is 0 Å². The van der Waals surface area contributed by atoms with E-state index in [-0.39, 0.29) is 16.5 Å². The third kappa shape index (κ3) is 46.3. The molecule has 0 saturated heterocycles. The van der Waals surface area contributed by atoms with Gasteiger partial charge in [0.25, 0.3) is 0 Å². The van der Waals surface area contributed by atoms with E-state index in [9.17, 15) is 5.53 Å². The maximum atomic E-state index is 12.9. The first-order valence-corrected chi connectivity index (χ1v) is 39.6. The number of hydrogen-bond acceptors (Lipinski definition) is 0. The fourth-order valence-corrected chi connectivity index (χ4v) is 12.8. The average Bonchev–Trinajstić information content (AvgIpc) is 1.73. The molecule has 514 valence electrons. The van der Waals surface area contributed by atoms with Crippen LogP contribution in [-0.2, 0) is 42.2 Å². The van der Waals surface area contributed by atoms with Crippen molar-refractivity contribution in [3.63, 3.8) is 0 Å². The SMILES string of the molecule is CCCCCCCCCCCCCCCCCCCC#CC1=C(c2cc(CCCC)cc(CCCCCCCC)c2)[N+](=[N-])C(c2cc(CCCC)cc(CCCCCCCC)c2)=C1CCCCC.[CH2-]CCCCCCCCC.[CH2-]CCCCCCCCC.[Ni+2]. The van der Waals surface area contributed by atoms with Gasteiger partial charge in [-0.2, -0.15) is 12.8 Å². The van der Waals surface area contributed by atoms with Gasteiger partial charge in [-0.05, 0) is 117 Å². The van der Waals surface area contributed by atoms with Crippen LogP contribution in [0.3, 0.4) is 0 Å². The molecule has 2 aromatic rings. The van der Waals surface area contributed by atoms with E-state index >= 15 is 0 Å². The Labute approximate surface area is 569 Å². The normalized spacial score (nSPS) is 12.0. The monoisotopic (exact) mass is 1270 g/mol. The third-order valence-electron chi connectivity index (χ3n) is 18.5. The molecule has 0 N–H and O–H groups in total. The fraction of sp³-hybridized carbons (Fsp3) is 0.767. The number of benzene rings is 2. The van der Waals surface area contributed by atoms with E-state index in [1.165, 1.54) is 342 Å². The predicted octanol–water partition coefficient (Wildman–Crippen LogP) is 29.9. The van der Waals surface area contributed by atoms with E-state index in [2.05, 4.69) is 117 Å². The van der Waals surface area contributed by atoms with Crippen molar-refractivity contribution in [3.05, 3.63) is 100 Å². The van der Waals surface area contributed by atoms with E-state index in [4.69, 9.17) is 0 Å². The summed E-state index contributed by atoms with van der Waals surface area (Å²) in [6, 6.07) is 14.7. The Kier molecular flexibility index (Phi) is 63.8. The average molecular weight is 1270 g/mol. The van der Waals surface area contributed by atoms with Gasteiger partial charge in [-0.1, -0.05) is 362 Å². The van der Waals surface area contributed by atoms with Crippen LogP contribution in [0, 0.1) is 25.7 Å². The summed E-state index contributed by atoms with van der Waals surface area (Å²) in [5, 5.41) is 0. The summed E-state index contributed by atoms with van der Waals surface area (Å²) < 4.78 is 1.63. The molecule has 0 aliphatic carbocycles. The second-order valence-corrected chi connectivity index (χ2v) is 27.3. The Morgan fingerprint density at radius 1 is 0.292 bits per heavy atom. The van der Waals surface area contributed by atoms with Crippen molar-refractivity contribution in [1.82, 2.24) is 0 Å². The van der Waals surface area contributed by atoms with Gasteiger partial charge in [0, 0.05) is 23.1 Å². The largest absolute Gasteiger partial charge is 2.00 e. The van der Waals surface area contributed by atoms with Crippen molar-refractivity contribution in [3.8, 4) is 11.8 Å². The quantitative estimate of drug-likeness (QED) is 0.0207. The second-order valence-electron chi connectivity index (χ2n) is 27.3. The number of allylic oxidation sites excluding steroid dienone is 2. The molecule has 0 unspecified atom stereocenters. The van der Waals surface area contributed by atoms with Crippen LogP contribution in [0.1, 0.15) is 435 Å². The fourth-order valence-electron chi connectivity index (χ4n) is 12.8. The number of unbranched alkanes of at least 4 members (excludes halogenated alkanes) is 45. The maximum absolute atomic E-state index is 12.9. The van der Waals surface area contributed by atoms with Crippen LogP contribution in [0.15, 0.2) is 47.5 Å². The summed E-state index contributed by atoms with van der Waals surface area (Å²) in [4.78, 5) is 0. The Morgan fingerprint density at radius 2 is 0.539 bits per heavy atom. The molecule has 3 rings (SSSR count). The number of nitrogens with zero attached hydrogens (tertiary/aromatic N) is 2. The molecule has 0 saturated carbocycles. The van der Waals surface area contributed by atoms with Crippen LogP contribution in [0.4, 0.5) is 0 Å². The predicted molar refractivity (Wildman–Crippen MR) is 398 cm³/mol. The molecule has 0 radical (unpaired) electrons. The number of aryl methyl sites for hydroxylation is 4. The summed E-state index contributed by atoms with van der Waals surface area (Å²) in [6.45, 7) is 26.0. The molecule has 1 heterocycles. The van der Waals surface area contributed by atoms with Crippen molar-refractivity contribution >= 4 is 11.4 Å². The molecule has 3 heteroatoms. The molecule has 2 nitrogen and oxygen atoms in total. The molecular formula is C86H150N2Ni. The molecule has 0 spiro atoms. The molecule has 1 aliphatic heterocycles. The Bertz CT molecular complexity index is 1990. The third-order valence-corrected chi connectivity index (χ3v) is 18.5. The van der Waals surface area contributed by atoms with E-state index in [1.54, 1.807) is 4.70 Å². The van der Waals surface area contributed by atoms with Crippen molar-refractivity contribution in [2.45, 2.75) is 428 Å². The second kappa shape index (κ2) is 65.6. The summed E-state index contributed by atoms with van der Waals surface area (Å²) in [7, 11) is 0. The van der Waals surface area contributed by atoms with E-state index in [1.807, 2.05) is 0 Å². The molecule has 2 aromatic carbocycles. The van der Waals surface area contributed by atoms with Crippen LogP contribution in [0.2, 0.25) is 0 Å². The zero-order chi connectivity index (χ0) is 64.0. The zero-order valence-electron chi connectivity index (χ0n) is 61.1. The molecule has 1 aliphatic rings. The van der Waals surface area contributed by atoms with Crippen LogP contribution < -0.4 is 0 Å². The minimum atomic E-state index is 0. The van der Waals surface area contributed by atoms with Crippen molar-refractivity contribution < 1.29 is 21.2 Å². The summed E-state index contributed by atoms with van der Waals surface area (Å²) in [6.07, 6.45) is 75.7. The Balaban J connectivity index is 0.00000313. The van der Waals surface area contributed by atoms with Gasteiger partial charge in [-0.15, -0.1) is 0 Å². The van der Waals surface area contributed by atoms with Gasteiger partial charge in [0.2, 0.25) is 11.4 Å². The van der Waals surface area contributed by atoms with Gasteiger partial charge in [0.15, 0.2) is 0 Å². The van der Waals surface area contributed by atoms with Crippen LogP contribution in [0.25, 0.3) is 16.9 Å². The molecule has 0 atom stereocenters. The Morgan fingerprint density at radius 3 is 0.854 bits per heavy atom. The van der Waals surface area contributed by atoms with Gasteiger partial charge < -0.3 is 19.4 Å². The zero-order valence-corrected chi connectivity index (χ0v) is 62.1. The molecular weight excluding hydrogens is 1120 g/mol. The summed E-state index contributed by atoms with van der Waals surface area (Å²) >= 11 is 0. The molecule has 0 fully saturated rings. The smallest absolute Gasteiger partial charge is 0.493 e. The molecule has 0 amide bonds. The van der Waals surface area contributed by atoms with Crippen LogP contribution in [-0.4, -0.2) is 4.70 Å². The van der Waals surface area contributed by atoms with Crippen molar-refractivity contribution in [2.24, 2.45) is 0 Å². The molecule has 89 heavy (non-hydrogen) atoms. The minimum absolute atomic E-state index is 0. The van der Waals surface area contributed by atoms with Crippen LogP contribution >= 0.6 is 0 Å². The topological polar surface area (TPSA) is 25.3 Å². The van der Waals surface area contributed by atoms with Gasteiger partial charge >= 0.3 is 16.5 Å². The van der Waals surface area contributed by atoms with E-state index in [0.717, 1.165) is 86.7 Å². The number of rotatable bonds is 57. The first kappa shape index (κ1) is 86.6. The molecule has 0 bridgehead atoms. The maximum Gasteiger partial charge on any atom is 2.00 e. The van der Waals surface area contributed by atoms with Gasteiger partial charge in [-0.25, -0.2) is 4.70 Å². The first-order valence-electron chi connectivity index (χ1n) is 39.6. The van der Waals surface area contributed by atoms with E-state index < -0.39 is 0 Å². The van der Waals surface area contributed by atoms with Crippen molar-refractivity contribution in [1.29, 1.82) is 0 Å². The van der Waals surface area contributed by atoms with Gasteiger partial charge in [0.05, 0.1) is 0 Å². The van der Waals surface area contributed by atoms with Crippen molar-refractivity contribution in [2.75, 3.05) is 0 Å². The first-order chi connectivity index (χ1) is 43.3. The summed E-state index contributed by atoms with van der Waals surface area (Å²) in [5.74, 6) is 7.57. The number of hydrogen-bond donors (Lipinski definition) is 0. The minimum Gasteiger partial charge on any atom is -0.493 e. The van der Waals surface area contributed by atoms with Gasteiger partial charge in [-0.3, -0.25) is 0 Å². The molecule has 0 aromatic heterocycles. The van der Waals surface area contributed by atoms with E-state index in [0.29, 0.717) is 0 Å². The Hall–Kier alpha value is -2.43. The summed E-state index contributed by atoms with van der Waals surface area (Å²) in [5.41, 5.74) is 25.2. The van der Waals surface area contributed by atoms with Gasteiger partial charge in [0.1, 0.15) is 5.57 Å².